The van der Waals surface area contributed by atoms with Crippen molar-refractivity contribution < 1.29 is 9.21 Å². The molecule has 0 bridgehead atoms. The molecule has 0 saturated carbocycles. The Morgan fingerprint density at radius 1 is 1.50 bits per heavy atom. The smallest absolute Gasteiger partial charge is 0.238 e. The minimum atomic E-state index is -0.119. The molecule has 2 N–H and O–H groups in total. The van der Waals surface area contributed by atoms with Crippen molar-refractivity contribution in [3.8, 4) is 0 Å². The number of hydrogen-bond donors (Lipinski definition) is 2. The van der Waals surface area contributed by atoms with E-state index in [0.29, 0.717) is 0 Å². The Hall–Kier alpha value is -1.29. The first kappa shape index (κ1) is 15.1. The molecule has 1 aliphatic heterocycles. The van der Waals surface area contributed by atoms with Crippen molar-refractivity contribution in [3.05, 3.63) is 23.2 Å². The van der Waals surface area contributed by atoms with Crippen molar-refractivity contribution >= 4 is 5.91 Å². The summed E-state index contributed by atoms with van der Waals surface area (Å²) in [5, 5.41) is 6.46. The first-order valence-corrected chi connectivity index (χ1v) is 7.42. The zero-order valence-electron chi connectivity index (χ0n) is 13.2. The molecular formula is C16H26N2O2. The van der Waals surface area contributed by atoms with Crippen LogP contribution in [0.25, 0.3) is 0 Å². The Morgan fingerprint density at radius 2 is 2.20 bits per heavy atom. The van der Waals surface area contributed by atoms with Gasteiger partial charge in [0, 0.05) is 5.56 Å². The fourth-order valence-electron chi connectivity index (χ4n) is 3.11. The number of nitrogens with one attached hydrogen (secondary N) is 2. The van der Waals surface area contributed by atoms with Crippen molar-refractivity contribution in [1.82, 2.24) is 10.6 Å². The van der Waals surface area contributed by atoms with Crippen LogP contribution >= 0.6 is 0 Å². The lowest BCUT2D eigenvalue weighted by Crippen LogP contribution is -2.55. The van der Waals surface area contributed by atoms with Gasteiger partial charge in [-0.15, -0.1) is 0 Å². The summed E-state index contributed by atoms with van der Waals surface area (Å²) in [5.41, 5.74) is 1.06. The van der Waals surface area contributed by atoms with Crippen LogP contribution in [0.4, 0.5) is 0 Å². The Balaban J connectivity index is 2.05. The van der Waals surface area contributed by atoms with Crippen LogP contribution in [0.15, 0.2) is 10.5 Å². The first-order chi connectivity index (χ1) is 9.31. The van der Waals surface area contributed by atoms with E-state index in [2.05, 4.69) is 24.5 Å². The number of aryl methyl sites for hydroxylation is 2. The Kier molecular flexibility index (Phi) is 4.23. The molecule has 1 amide bonds. The lowest BCUT2D eigenvalue weighted by Gasteiger charge is -2.38. The van der Waals surface area contributed by atoms with E-state index in [4.69, 9.17) is 4.42 Å². The number of piperidine rings is 1. The van der Waals surface area contributed by atoms with E-state index in [1.807, 2.05) is 26.8 Å². The Bertz CT molecular complexity index is 491. The molecular weight excluding hydrogens is 252 g/mol. The highest BCUT2D eigenvalue weighted by molar-refractivity contribution is 5.83. The third-order valence-corrected chi connectivity index (χ3v) is 4.29. The summed E-state index contributed by atoms with van der Waals surface area (Å²) in [6.07, 6.45) is 2.21. The van der Waals surface area contributed by atoms with E-state index in [-0.39, 0.29) is 23.4 Å². The van der Waals surface area contributed by atoms with Gasteiger partial charge in [-0.1, -0.05) is 13.8 Å². The molecule has 0 spiro atoms. The van der Waals surface area contributed by atoms with Gasteiger partial charge in [-0.05, 0) is 51.6 Å². The Morgan fingerprint density at radius 3 is 2.75 bits per heavy atom. The Labute approximate surface area is 121 Å². The van der Waals surface area contributed by atoms with E-state index in [1.165, 1.54) is 0 Å². The molecule has 20 heavy (non-hydrogen) atoms. The third-order valence-electron chi connectivity index (χ3n) is 4.29. The van der Waals surface area contributed by atoms with Gasteiger partial charge in [0.1, 0.15) is 11.5 Å². The van der Waals surface area contributed by atoms with Crippen LogP contribution in [0.1, 0.15) is 56.7 Å². The fraction of sp³-hybridized carbons (Fsp3) is 0.688. The van der Waals surface area contributed by atoms with Crippen molar-refractivity contribution in [3.63, 3.8) is 0 Å². The average Bonchev–Trinajstić information content (AvgIpc) is 2.67. The molecule has 2 heterocycles. The number of amides is 1. The lowest BCUT2D eigenvalue weighted by atomic mass is 9.77. The molecule has 1 aliphatic rings. The molecule has 0 aromatic carbocycles. The molecule has 4 nitrogen and oxygen atoms in total. The minimum Gasteiger partial charge on any atom is -0.466 e. The van der Waals surface area contributed by atoms with Gasteiger partial charge in [-0.3, -0.25) is 4.79 Å². The zero-order valence-corrected chi connectivity index (χ0v) is 13.2. The summed E-state index contributed by atoms with van der Waals surface area (Å²) in [7, 11) is 0. The van der Waals surface area contributed by atoms with Crippen molar-refractivity contribution in [1.29, 1.82) is 0 Å². The van der Waals surface area contributed by atoms with E-state index in [0.717, 1.165) is 36.5 Å². The molecule has 2 unspecified atom stereocenters. The number of rotatable bonds is 3. The van der Waals surface area contributed by atoms with Crippen LogP contribution in [-0.4, -0.2) is 18.5 Å². The van der Waals surface area contributed by atoms with Crippen LogP contribution in [0.5, 0.6) is 0 Å². The quantitative estimate of drug-likeness (QED) is 0.894. The van der Waals surface area contributed by atoms with E-state index >= 15 is 0 Å². The highest BCUT2D eigenvalue weighted by atomic mass is 16.3. The summed E-state index contributed by atoms with van der Waals surface area (Å²) in [5.74, 6) is 1.85. The normalized spacial score (nSPS) is 23.4. The maximum absolute atomic E-state index is 12.5. The maximum atomic E-state index is 12.5. The van der Waals surface area contributed by atoms with Gasteiger partial charge < -0.3 is 15.1 Å². The number of hydrogen-bond acceptors (Lipinski definition) is 3. The summed E-state index contributed by atoms with van der Waals surface area (Å²) in [6.45, 7) is 11.1. The topological polar surface area (TPSA) is 54.3 Å². The van der Waals surface area contributed by atoms with Crippen LogP contribution in [-0.2, 0) is 4.79 Å². The molecule has 4 heteroatoms. The number of carbonyl (C=O) groups excluding carboxylic acids is 1. The van der Waals surface area contributed by atoms with E-state index < -0.39 is 0 Å². The predicted octanol–water partition coefficient (Wildman–Crippen LogP) is 2.85. The zero-order chi connectivity index (χ0) is 14.9. The first-order valence-electron chi connectivity index (χ1n) is 7.42. The van der Waals surface area contributed by atoms with Gasteiger partial charge in [0.25, 0.3) is 0 Å². The molecule has 112 valence electrons. The monoisotopic (exact) mass is 278 g/mol. The highest BCUT2D eigenvalue weighted by Gasteiger charge is 2.37. The van der Waals surface area contributed by atoms with Crippen molar-refractivity contribution in [2.24, 2.45) is 5.41 Å². The number of carbonyl (C=O) groups is 1. The molecule has 0 aliphatic carbocycles. The molecule has 2 atom stereocenters. The summed E-state index contributed by atoms with van der Waals surface area (Å²) < 4.78 is 5.54. The average molecular weight is 278 g/mol. The van der Waals surface area contributed by atoms with Crippen LogP contribution in [0.2, 0.25) is 0 Å². The standard InChI is InChI=1S/C16H26N2O2/c1-10-9-13(12(3)20-10)11(2)18-15(19)14-16(4,5)7-6-8-17-14/h9,11,14,17H,6-8H2,1-5H3,(H,18,19). The van der Waals surface area contributed by atoms with Gasteiger partial charge in [-0.25, -0.2) is 0 Å². The van der Waals surface area contributed by atoms with Gasteiger partial charge in [-0.2, -0.15) is 0 Å². The summed E-state index contributed by atoms with van der Waals surface area (Å²) >= 11 is 0. The van der Waals surface area contributed by atoms with Gasteiger partial charge in [0.2, 0.25) is 5.91 Å². The second-order valence-corrected chi connectivity index (χ2v) is 6.58. The molecule has 1 aromatic rings. The van der Waals surface area contributed by atoms with Crippen molar-refractivity contribution in [2.45, 2.75) is 59.5 Å². The minimum absolute atomic E-state index is 0.00338. The molecule has 1 saturated heterocycles. The SMILES string of the molecule is Cc1cc(C(C)NC(=O)C2NCCCC2(C)C)c(C)o1. The second kappa shape index (κ2) is 5.60. The molecule has 1 aromatic heterocycles. The third kappa shape index (κ3) is 3.06. The van der Waals surface area contributed by atoms with Crippen LogP contribution in [0.3, 0.4) is 0 Å². The van der Waals surface area contributed by atoms with Crippen LogP contribution < -0.4 is 10.6 Å². The predicted molar refractivity (Wildman–Crippen MR) is 79.5 cm³/mol. The second-order valence-electron chi connectivity index (χ2n) is 6.58. The van der Waals surface area contributed by atoms with Crippen LogP contribution in [0, 0.1) is 19.3 Å². The van der Waals surface area contributed by atoms with E-state index in [1.54, 1.807) is 0 Å². The summed E-state index contributed by atoms with van der Waals surface area (Å²) in [6, 6.07) is 1.85. The molecule has 1 fully saturated rings. The van der Waals surface area contributed by atoms with Gasteiger partial charge >= 0.3 is 0 Å². The molecule has 2 rings (SSSR count). The van der Waals surface area contributed by atoms with Crippen molar-refractivity contribution in [2.75, 3.05) is 6.54 Å². The van der Waals surface area contributed by atoms with E-state index in [9.17, 15) is 4.79 Å². The summed E-state index contributed by atoms with van der Waals surface area (Å²) in [4.78, 5) is 12.5. The number of furan rings is 1. The molecule has 0 radical (unpaired) electrons. The maximum Gasteiger partial charge on any atom is 0.238 e. The van der Waals surface area contributed by atoms with Gasteiger partial charge in [0.05, 0.1) is 12.1 Å². The lowest BCUT2D eigenvalue weighted by molar-refractivity contribution is -0.127. The largest absolute Gasteiger partial charge is 0.466 e. The van der Waals surface area contributed by atoms with Gasteiger partial charge in [0.15, 0.2) is 0 Å². The highest BCUT2D eigenvalue weighted by Crippen LogP contribution is 2.31. The fourth-order valence-corrected chi connectivity index (χ4v) is 3.11.